The number of rotatable bonds is 16. The number of thiazole rings is 1. The van der Waals surface area contributed by atoms with Gasteiger partial charge in [-0.3, -0.25) is 19.3 Å². The number of hydrogen-bond acceptors (Lipinski definition) is 17. The molecule has 7 heterocycles. The van der Waals surface area contributed by atoms with Crippen molar-refractivity contribution in [3.8, 4) is 33.2 Å². The quantitative estimate of drug-likeness (QED) is 0.0841. The molecule has 1 unspecified atom stereocenters. The molecule has 5 aromatic rings. The van der Waals surface area contributed by atoms with E-state index in [0.29, 0.717) is 23.6 Å². The molecule has 3 aromatic heterocycles. The molecule has 10 rings (SSSR count). The molecule has 3 saturated heterocycles. The third kappa shape index (κ3) is 11.0. The molecule has 4 fully saturated rings. The Morgan fingerprint density at radius 1 is 0.959 bits per heavy atom. The van der Waals surface area contributed by atoms with Crippen molar-refractivity contribution in [3.05, 3.63) is 77.7 Å². The summed E-state index contributed by atoms with van der Waals surface area (Å²) in [5.74, 6) is 0.497. The van der Waals surface area contributed by atoms with Crippen LogP contribution in [0.3, 0.4) is 0 Å². The summed E-state index contributed by atoms with van der Waals surface area (Å²) in [6, 6.07) is 13.2. The van der Waals surface area contributed by atoms with Gasteiger partial charge >= 0.3 is 0 Å². The number of hydrogen-bond donors (Lipinski definition) is 5. The molecule has 4 atom stereocenters. The van der Waals surface area contributed by atoms with Crippen LogP contribution in [-0.4, -0.2) is 165 Å². The molecule has 3 amide bonds. The first-order chi connectivity index (χ1) is 35.6. The van der Waals surface area contributed by atoms with E-state index in [-0.39, 0.29) is 44.1 Å². The van der Waals surface area contributed by atoms with Crippen LogP contribution >= 0.6 is 11.3 Å². The van der Waals surface area contributed by atoms with Crippen LogP contribution in [-0.2, 0) is 20.9 Å². The first kappa shape index (κ1) is 50.8. The van der Waals surface area contributed by atoms with Crippen molar-refractivity contribution >= 4 is 52.2 Å². The van der Waals surface area contributed by atoms with Crippen molar-refractivity contribution < 1.29 is 33.7 Å². The molecular formula is C53H66FN13O6S. The number of nitrogens with one attached hydrogen (secondary N) is 3. The lowest BCUT2D eigenvalue weighted by Crippen LogP contribution is -2.59. The number of piperazine rings is 2. The Morgan fingerprint density at radius 3 is 2.46 bits per heavy atom. The summed E-state index contributed by atoms with van der Waals surface area (Å²) in [6.45, 7) is 15.3. The fraction of sp³-hybridized carbons (Fsp3) is 0.509. The number of fused-ring (bicyclic) bond motifs is 3. The number of anilines is 4. The Kier molecular flexibility index (Phi) is 14.6. The van der Waals surface area contributed by atoms with Gasteiger partial charge in [0.15, 0.2) is 11.5 Å². The lowest BCUT2D eigenvalue weighted by atomic mass is 9.85. The number of nitrogens with zero attached hydrogens (tertiary/aromatic N) is 10. The third-order valence-electron chi connectivity index (χ3n) is 14.9. The summed E-state index contributed by atoms with van der Waals surface area (Å²) in [4.78, 5) is 66.5. The highest BCUT2D eigenvalue weighted by Gasteiger charge is 2.53. The van der Waals surface area contributed by atoms with E-state index in [9.17, 15) is 29.0 Å². The maximum absolute atomic E-state index is 14.7. The molecule has 4 aliphatic heterocycles. The number of aromatic nitrogens is 5. The first-order valence-corrected chi connectivity index (χ1v) is 26.6. The van der Waals surface area contributed by atoms with Crippen molar-refractivity contribution in [3.63, 3.8) is 0 Å². The first-order valence-electron chi connectivity index (χ1n) is 25.7. The second kappa shape index (κ2) is 21.3. The van der Waals surface area contributed by atoms with Gasteiger partial charge in [-0.05, 0) is 74.4 Å². The summed E-state index contributed by atoms with van der Waals surface area (Å²) in [5, 5.41) is 39.0. The number of ether oxygens (including phenoxy) is 1. The number of phenols is 1. The van der Waals surface area contributed by atoms with Crippen LogP contribution < -0.4 is 35.4 Å². The summed E-state index contributed by atoms with van der Waals surface area (Å²) in [5.41, 5.74) is 4.99. The number of amides is 3. The maximum Gasteiger partial charge on any atom is 0.258 e. The van der Waals surface area contributed by atoms with Crippen LogP contribution in [0, 0.1) is 12.3 Å². The van der Waals surface area contributed by atoms with Crippen molar-refractivity contribution in [1.29, 1.82) is 0 Å². The van der Waals surface area contributed by atoms with E-state index in [4.69, 9.17) is 14.7 Å². The molecular weight excluding hydrogens is 966 g/mol. The molecule has 19 nitrogen and oxygen atoms in total. The van der Waals surface area contributed by atoms with Gasteiger partial charge < -0.3 is 50.5 Å². The van der Waals surface area contributed by atoms with E-state index < -0.39 is 47.0 Å². The number of alkyl halides is 1. The minimum atomic E-state index is -1.97. The number of aryl methyl sites for hydroxylation is 1. The van der Waals surface area contributed by atoms with Crippen LogP contribution in [0.2, 0.25) is 0 Å². The number of benzene rings is 2. The maximum atomic E-state index is 14.7. The number of halogens is 1. The number of phenolic OH excluding ortho intramolecular Hbond substituents is 1. The molecule has 0 radical (unpaired) electrons. The van der Waals surface area contributed by atoms with Crippen LogP contribution in [0.5, 0.6) is 11.5 Å². The highest BCUT2D eigenvalue weighted by Crippen LogP contribution is 2.41. The zero-order valence-corrected chi connectivity index (χ0v) is 43.3. The topological polar surface area (TPSA) is 218 Å². The highest BCUT2D eigenvalue weighted by molar-refractivity contribution is 7.13. The minimum Gasteiger partial charge on any atom is -0.507 e. The van der Waals surface area contributed by atoms with E-state index in [0.717, 1.165) is 117 Å². The number of carbonyl (C=O) groups excluding carboxylic acids is 3. The fourth-order valence-electron chi connectivity index (χ4n) is 10.4. The van der Waals surface area contributed by atoms with Crippen LogP contribution in [0.1, 0.15) is 64.1 Å². The normalized spacial score (nSPS) is 20.8. The predicted molar refractivity (Wildman–Crippen MR) is 281 cm³/mol. The Hall–Kier alpha value is -6.71. The highest BCUT2D eigenvalue weighted by atomic mass is 32.1. The van der Waals surface area contributed by atoms with Crippen molar-refractivity contribution in [2.75, 3.05) is 92.1 Å². The van der Waals surface area contributed by atoms with Gasteiger partial charge in [0.2, 0.25) is 17.8 Å². The van der Waals surface area contributed by atoms with Gasteiger partial charge in [-0.25, -0.2) is 19.3 Å². The number of para-hydroxylation sites is 1. The second-order valence-electron chi connectivity index (χ2n) is 21.2. The average molecular weight is 1030 g/mol. The Bertz CT molecular complexity index is 2840. The monoisotopic (exact) mass is 1030 g/mol. The second-order valence-corrected chi connectivity index (χ2v) is 22.1. The Morgan fingerprint density at radius 2 is 1.73 bits per heavy atom. The summed E-state index contributed by atoms with van der Waals surface area (Å²) in [7, 11) is 0. The molecule has 1 saturated carbocycles. The number of aliphatic hydroxyl groups is 1. The lowest BCUT2D eigenvalue weighted by Gasteiger charge is -2.45. The zero-order chi connectivity index (χ0) is 51.7. The van der Waals surface area contributed by atoms with Crippen molar-refractivity contribution in [2.45, 2.75) is 96.2 Å². The lowest BCUT2D eigenvalue weighted by molar-refractivity contribution is -0.145. The number of carbonyl (C=O) groups is 3. The van der Waals surface area contributed by atoms with E-state index >= 15 is 0 Å². The number of likely N-dealkylation sites (tertiary alicyclic amines) is 1. The summed E-state index contributed by atoms with van der Waals surface area (Å²) >= 11 is 1.55. The third-order valence-corrected chi connectivity index (χ3v) is 15.9. The van der Waals surface area contributed by atoms with Gasteiger partial charge in [-0.1, -0.05) is 45.0 Å². The standard InChI is InChI=1S/C53H66FN13O6S/c1-33-45(74-32-59-33)34-11-12-35(26-56-48(70)42-24-38(68)31-67(42)49(71)46(52(2,3)4)60-50(72)53(54)13-14-53)44(23-34)73-22-8-7-15-63-16-18-64(19-17-63)36-27-57-51(58-28-36)65-20-21-66-37(30-65)29-55-47-41(66)25-40(61-62-47)39-9-5-6-10-43(39)69/h5-6,9-12,23,25,27-28,32,37-38,42,46,68-69H,7-8,13-22,24,26,29-31H2,1-4H3,(H,55,62)(H,56,70)(H,60,72)/t37-,38+,42-,46?/m0/s1. The summed E-state index contributed by atoms with van der Waals surface area (Å²) in [6.07, 6.45) is 4.97. The van der Waals surface area contributed by atoms with Crippen LogP contribution in [0.25, 0.3) is 21.7 Å². The van der Waals surface area contributed by atoms with Gasteiger partial charge in [0.1, 0.15) is 23.6 Å². The molecule has 5 aliphatic rings. The Labute approximate surface area is 434 Å². The van der Waals surface area contributed by atoms with Gasteiger partial charge in [-0.2, -0.15) is 0 Å². The van der Waals surface area contributed by atoms with E-state index in [1.807, 2.05) is 61.2 Å². The molecule has 0 spiro atoms. The molecule has 21 heteroatoms. The zero-order valence-electron chi connectivity index (χ0n) is 42.5. The van der Waals surface area contributed by atoms with Crippen molar-refractivity contribution in [2.24, 2.45) is 5.41 Å². The molecule has 392 valence electrons. The van der Waals surface area contributed by atoms with E-state index in [1.165, 1.54) is 4.90 Å². The van der Waals surface area contributed by atoms with Gasteiger partial charge in [-0.15, -0.1) is 21.5 Å². The van der Waals surface area contributed by atoms with E-state index in [1.54, 1.807) is 44.2 Å². The van der Waals surface area contributed by atoms with Crippen LogP contribution in [0.4, 0.5) is 27.5 Å². The molecule has 0 bridgehead atoms. The predicted octanol–water partition coefficient (Wildman–Crippen LogP) is 4.78. The molecule has 2 aromatic carbocycles. The number of aromatic hydroxyl groups is 1. The van der Waals surface area contributed by atoms with Gasteiger partial charge in [0, 0.05) is 83.0 Å². The SMILES string of the molecule is Cc1ncsc1-c1ccc(CNC(=O)[C@@H]2C[C@@H](O)CN2C(=O)C(NC(=O)C2(F)CC2)C(C)(C)C)c(OCCCCN2CCN(c3cnc(N4CCN5c6cc(-c7ccccc7O)nnc6NC[C@H]5C4)nc3)CC2)c1. The van der Waals surface area contributed by atoms with Crippen LogP contribution in [0.15, 0.2) is 66.4 Å². The number of unbranched alkanes of at least 4 members (excludes halogenated alkanes) is 1. The summed E-state index contributed by atoms with van der Waals surface area (Å²) < 4.78 is 21.2. The Balaban J connectivity index is 0.693. The number of β-amino-alcohol motifs (C(OH)–C–C–N with tert-alkyl or cyclic N) is 1. The van der Waals surface area contributed by atoms with E-state index in [2.05, 4.69) is 50.7 Å². The average Bonchev–Trinajstić information content (AvgIpc) is 3.81. The van der Waals surface area contributed by atoms with Crippen molar-refractivity contribution in [1.82, 2.24) is 45.6 Å². The molecule has 1 aliphatic carbocycles. The van der Waals surface area contributed by atoms with Gasteiger partial charge in [0.05, 0.1) is 64.3 Å². The largest absolute Gasteiger partial charge is 0.507 e. The number of aliphatic hydroxyl groups excluding tert-OH is 1. The molecule has 5 N–H and O–H groups in total. The fourth-order valence-corrected chi connectivity index (χ4v) is 11.2. The van der Waals surface area contributed by atoms with Gasteiger partial charge in [0.25, 0.3) is 5.91 Å². The smallest absolute Gasteiger partial charge is 0.258 e. The molecule has 74 heavy (non-hydrogen) atoms. The minimum absolute atomic E-state index is 0.0381.